The Morgan fingerprint density at radius 2 is 1.93 bits per heavy atom. The summed E-state index contributed by atoms with van der Waals surface area (Å²) in [6, 6.07) is 0.412. The molecule has 0 aliphatic carbocycles. The number of nitrogens with zero attached hydrogens (tertiary/aromatic N) is 5. The van der Waals surface area contributed by atoms with Crippen molar-refractivity contribution < 1.29 is 31.1 Å². The zero-order valence-electron chi connectivity index (χ0n) is 25.6. The Morgan fingerprint density at radius 1 is 1.15 bits per heavy atom. The number of nitrogen functional groups attached to an aromatic ring is 1. The first-order valence-electron chi connectivity index (χ1n) is 15.6. The summed E-state index contributed by atoms with van der Waals surface area (Å²) >= 11 is 0. The molecule has 0 radical (unpaired) electrons. The highest BCUT2D eigenvalue weighted by atomic mass is 19.4. The molecule has 246 valence electrons. The van der Waals surface area contributed by atoms with Crippen LogP contribution >= 0.6 is 0 Å². The second kappa shape index (κ2) is 11.0. The van der Waals surface area contributed by atoms with Crippen LogP contribution < -0.4 is 20.7 Å². The SMILES string of the molecule is C=C1C[C@@H]2CN[C@H](CC)CN2c2nc(OC[C@@]34CCCN3C[C@H](F)C4)nc3c(F)c(-c4cc(N)nc(C)c4C(F)(F)F)c(F)c1c23. The van der Waals surface area contributed by atoms with Gasteiger partial charge in [0.2, 0.25) is 0 Å². The Bertz CT molecular complexity index is 1750. The molecule has 6 heterocycles. The Labute approximate surface area is 262 Å². The van der Waals surface area contributed by atoms with Crippen LogP contribution in [0.3, 0.4) is 0 Å². The molecule has 4 aliphatic heterocycles. The second-order valence-electron chi connectivity index (χ2n) is 13.0. The summed E-state index contributed by atoms with van der Waals surface area (Å²) in [5.74, 6) is -2.61. The molecule has 0 spiro atoms. The summed E-state index contributed by atoms with van der Waals surface area (Å²) < 4.78 is 97.4. The van der Waals surface area contributed by atoms with Crippen molar-refractivity contribution >= 4 is 28.1 Å². The van der Waals surface area contributed by atoms with Crippen LogP contribution in [0.25, 0.3) is 27.6 Å². The van der Waals surface area contributed by atoms with Crippen LogP contribution in [-0.4, -0.2) is 76.4 Å². The van der Waals surface area contributed by atoms with Crippen LogP contribution in [0.15, 0.2) is 12.6 Å². The summed E-state index contributed by atoms with van der Waals surface area (Å²) in [6.45, 7) is 9.26. The van der Waals surface area contributed by atoms with Crippen molar-refractivity contribution in [2.24, 2.45) is 0 Å². The fraction of sp³-hybridized carbons (Fsp3) is 0.531. The van der Waals surface area contributed by atoms with Gasteiger partial charge in [-0.25, -0.2) is 18.2 Å². The Morgan fingerprint density at radius 3 is 2.67 bits per heavy atom. The molecule has 4 atom stereocenters. The van der Waals surface area contributed by atoms with Crippen LogP contribution in [0.1, 0.15) is 55.8 Å². The number of piperazine rings is 1. The van der Waals surface area contributed by atoms with E-state index in [1.807, 2.05) is 11.8 Å². The number of nitrogens with two attached hydrogens (primary N) is 1. The molecule has 14 heteroatoms. The largest absolute Gasteiger partial charge is 0.461 e. The predicted molar refractivity (Wildman–Crippen MR) is 162 cm³/mol. The van der Waals surface area contributed by atoms with Crippen molar-refractivity contribution in [1.29, 1.82) is 0 Å². The number of hydrogen-bond acceptors (Lipinski definition) is 8. The standard InChI is InChI=1S/C32H35F6N7O/c1-4-18-13-45-19(11-40-18)8-15(2)22-24-28(27(35)23(26(22)34)20-9-21(39)41-16(3)25(20)32(36,37)38)42-30(43-29(24)45)46-14-31-6-5-7-44(31)12-17(33)10-31/h9,17-19,40H,2,4-8,10-14H2,1,3H3,(H2,39,41)/t17-,18-,19-,31+/m1/s1. The summed E-state index contributed by atoms with van der Waals surface area (Å²) in [5, 5.41) is 3.49. The van der Waals surface area contributed by atoms with Crippen molar-refractivity contribution in [1.82, 2.24) is 25.2 Å². The number of nitrogens with one attached hydrogen (secondary N) is 1. The van der Waals surface area contributed by atoms with Crippen molar-refractivity contribution in [3.05, 3.63) is 41.1 Å². The minimum atomic E-state index is -4.99. The fourth-order valence-corrected chi connectivity index (χ4v) is 7.97. The van der Waals surface area contributed by atoms with Gasteiger partial charge in [-0.1, -0.05) is 13.5 Å². The molecule has 0 bridgehead atoms. The minimum absolute atomic E-state index is 0.0213. The molecular formula is C32H35F6N7O. The molecule has 0 saturated carbocycles. The van der Waals surface area contributed by atoms with E-state index in [2.05, 4.69) is 26.8 Å². The van der Waals surface area contributed by atoms with Gasteiger partial charge in [-0.3, -0.25) is 4.90 Å². The summed E-state index contributed by atoms with van der Waals surface area (Å²) in [5.41, 5.74) is 1.48. The van der Waals surface area contributed by atoms with Gasteiger partial charge in [0, 0.05) is 49.3 Å². The molecule has 7 rings (SSSR count). The van der Waals surface area contributed by atoms with Crippen LogP contribution in [-0.2, 0) is 6.18 Å². The Balaban J connectivity index is 1.47. The average molecular weight is 648 g/mol. The van der Waals surface area contributed by atoms with E-state index in [4.69, 9.17) is 15.5 Å². The van der Waals surface area contributed by atoms with Crippen molar-refractivity contribution in [2.45, 2.75) is 75.9 Å². The van der Waals surface area contributed by atoms with Gasteiger partial charge >= 0.3 is 12.2 Å². The molecule has 3 aromatic rings. The zero-order chi connectivity index (χ0) is 32.7. The number of anilines is 2. The first kappa shape index (κ1) is 31.0. The first-order valence-corrected chi connectivity index (χ1v) is 15.6. The quantitative estimate of drug-likeness (QED) is 0.336. The molecule has 8 nitrogen and oxygen atoms in total. The molecule has 3 fully saturated rings. The van der Waals surface area contributed by atoms with Gasteiger partial charge in [0.25, 0.3) is 0 Å². The molecule has 0 unspecified atom stereocenters. The highest BCUT2D eigenvalue weighted by Gasteiger charge is 2.49. The molecule has 0 amide bonds. The van der Waals surface area contributed by atoms with Gasteiger partial charge in [-0.05, 0) is 50.8 Å². The van der Waals surface area contributed by atoms with Crippen molar-refractivity contribution in [2.75, 3.05) is 43.4 Å². The Hall–Kier alpha value is -3.65. The number of ether oxygens (including phenoxy) is 1. The lowest BCUT2D eigenvalue weighted by molar-refractivity contribution is -0.137. The number of benzene rings is 1. The number of hydrogen-bond donors (Lipinski definition) is 2. The number of pyridine rings is 1. The predicted octanol–water partition coefficient (Wildman–Crippen LogP) is 5.81. The van der Waals surface area contributed by atoms with Gasteiger partial charge < -0.3 is 20.7 Å². The topological polar surface area (TPSA) is 92.4 Å². The second-order valence-corrected chi connectivity index (χ2v) is 13.0. The molecule has 4 aliphatic rings. The van der Waals surface area contributed by atoms with Gasteiger partial charge in [0.15, 0.2) is 5.82 Å². The monoisotopic (exact) mass is 647 g/mol. The maximum atomic E-state index is 16.8. The highest BCUT2D eigenvalue weighted by molar-refractivity contribution is 6.04. The van der Waals surface area contributed by atoms with E-state index in [-0.39, 0.29) is 65.7 Å². The van der Waals surface area contributed by atoms with Gasteiger partial charge in [0.1, 0.15) is 35.7 Å². The normalized spacial score (nSPS) is 26.4. The first-order chi connectivity index (χ1) is 21.8. The van der Waals surface area contributed by atoms with E-state index in [0.717, 1.165) is 32.4 Å². The number of rotatable bonds is 5. The van der Waals surface area contributed by atoms with E-state index < -0.39 is 57.4 Å². The Kier molecular flexibility index (Phi) is 7.38. The maximum absolute atomic E-state index is 16.8. The lowest BCUT2D eigenvalue weighted by Crippen LogP contribution is -2.56. The number of alkyl halides is 4. The fourth-order valence-electron chi connectivity index (χ4n) is 7.97. The summed E-state index contributed by atoms with van der Waals surface area (Å²) in [4.78, 5) is 16.8. The third-order valence-corrected chi connectivity index (χ3v) is 10.1. The molecular weight excluding hydrogens is 612 g/mol. The maximum Gasteiger partial charge on any atom is 0.418 e. The average Bonchev–Trinajstić information content (AvgIpc) is 3.46. The van der Waals surface area contributed by atoms with E-state index >= 15 is 8.78 Å². The van der Waals surface area contributed by atoms with Crippen molar-refractivity contribution in [3.63, 3.8) is 0 Å². The van der Waals surface area contributed by atoms with E-state index in [1.165, 1.54) is 0 Å². The number of fused-ring (bicyclic) bond motifs is 3. The van der Waals surface area contributed by atoms with Crippen LogP contribution in [0.5, 0.6) is 6.01 Å². The van der Waals surface area contributed by atoms with E-state index in [9.17, 15) is 17.6 Å². The zero-order valence-corrected chi connectivity index (χ0v) is 25.6. The lowest BCUT2D eigenvalue weighted by Gasteiger charge is -2.40. The van der Waals surface area contributed by atoms with E-state index in [1.54, 1.807) is 0 Å². The highest BCUT2D eigenvalue weighted by Crippen LogP contribution is 2.48. The third-order valence-electron chi connectivity index (χ3n) is 10.1. The van der Waals surface area contributed by atoms with Gasteiger partial charge in [-0.15, -0.1) is 0 Å². The van der Waals surface area contributed by atoms with E-state index in [0.29, 0.717) is 26.1 Å². The van der Waals surface area contributed by atoms with Crippen molar-refractivity contribution in [3.8, 4) is 17.1 Å². The molecule has 1 aromatic carbocycles. The number of halogens is 6. The summed E-state index contributed by atoms with van der Waals surface area (Å²) in [6.07, 6.45) is -3.11. The molecule has 3 saturated heterocycles. The molecule has 2 aromatic heterocycles. The van der Waals surface area contributed by atoms with Crippen LogP contribution in [0, 0.1) is 18.6 Å². The molecule has 3 N–H and O–H groups in total. The van der Waals surface area contributed by atoms with Gasteiger partial charge in [-0.2, -0.15) is 23.1 Å². The lowest BCUT2D eigenvalue weighted by atomic mass is 9.90. The summed E-state index contributed by atoms with van der Waals surface area (Å²) in [7, 11) is 0. The number of aromatic nitrogens is 3. The minimum Gasteiger partial charge on any atom is -0.461 e. The molecule has 46 heavy (non-hydrogen) atoms. The van der Waals surface area contributed by atoms with Gasteiger partial charge in [0.05, 0.1) is 27.7 Å². The third kappa shape index (κ3) is 4.86. The van der Waals surface area contributed by atoms with Crippen LogP contribution in [0.2, 0.25) is 0 Å². The smallest absolute Gasteiger partial charge is 0.418 e. The van der Waals surface area contributed by atoms with Crippen LogP contribution in [0.4, 0.5) is 38.0 Å². The number of aryl methyl sites for hydroxylation is 1.